The number of anilines is 1. The molecule has 0 spiro atoms. The maximum absolute atomic E-state index is 10.8. The lowest BCUT2D eigenvalue weighted by Gasteiger charge is -2.42. The van der Waals surface area contributed by atoms with Gasteiger partial charge in [0.05, 0.1) is 12.2 Å². The molecule has 0 aromatic carbocycles. The molecule has 1 aromatic rings. The van der Waals surface area contributed by atoms with Gasteiger partial charge in [-0.3, -0.25) is 9.69 Å². The molecule has 0 radical (unpaired) electrons. The highest BCUT2D eigenvalue weighted by atomic mass is 79.9. The molecule has 0 unspecified atom stereocenters. The van der Waals surface area contributed by atoms with Crippen LogP contribution in [0.2, 0.25) is 0 Å². The molecule has 0 bridgehead atoms. The van der Waals surface area contributed by atoms with Gasteiger partial charge in [-0.05, 0) is 54.4 Å². The number of nitrogens with zero attached hydrogens (tertiary/aromatic N) is 2. The SMILES string of the molecule is CCN(CC(=O)O)C1CC(Nc2ccc(Br)c(C)n2)C1. The highest BCUT2D eigenvalue weighted by molar-refractivity contribution is 9.10. The summed E-state index contributed by atoms with van der Waals surface area (Å²) in [4.78, 5) is 17.3. The Morgan fingerprint density at radius 3 is 2.80 bits per heavy atom. The number of carboxylic acid groups (broad SMARTS) is 1. The molecule has 2 rings (SSSR count). The first kappa shape index (κ1) is 15.3. The van der Waals surface area contributed by atoms with E-state index in [1.165, 1.54) is 0 Å². The molecule has 0 atom stereocenters. The summed E-state index contributed by atoms with van der Waals surface area (Å²) >= 11 is 3.43. The first-order valence-electron chi connectivity index (χ1n) is 6.85. The molecule has 1 aromatic heterocycles. The fourth-order valence-electron chi connectivity index (χ4n) is 2.51. The van der Waals surface area contributed by atoms with Crippen LogP contribution in [0.15, 0.2) is 16.6 Å². The van der Waals surface area contributed by atoms with Gasteiger partial charge in [0, 0.05) is 16.6 Å². The molecule has 2 N–H and O–H groups in total. The number of pyridine rings is 1. The van der Waals surface area contributed by atoms with Crippen molar-refractivity contribution >= 4 is 27.7 Å². The predicted octanol–water partition coefficient (Wildman–Crippen LogP) is 2.50. The van der Waals surface area contributed by atoms with E-state index in [1.807, 2.05) is 30.9 Å². The minimum Gasteiger partial charge on any atom is -0.480 e. The summed E-state index contributed by atoms with van der Waals surface area (Å²) in [5.74, 6) is 0.129. The topological polar surface area (TPSA) is 65.5 Å². The van der Waals surface area contributed by atoms with Crippen molar-refractivity contribution in [3.8, 4) is 0 Å². The third-order valence-corrected chi connectivity index (χ3v) is 4.59. The molecule has 0 aliphatic heterocycles. The van der Waals surface area contributed by atoms with Crippen molar-refractivity contribution in [2.24, 2.45) is 0 Å². The van der Waals surface area contributed by atoms with Crippen molar-refractivity contribution < 1.29 is 9.90 Å². The number of rotatable bonds is 6. The van der Waals surface area contributed by atoms with Crippen LogP contribution in [0.25, 0.3) is 0 Å². The van der Waals surface area contributed by atoms with Gasteiger partial charge < -0.3 is 10.4 Å². The van der Waals surface area contributed by atoms with E-state index in [4.69, 9.17) is 5.11 Å². The molecule has 20 heavy (non-hydrogen) atoms. The molecule has 1 aliphatic carbocycles. The monoisotopic (exact) mass is 341 g/mol. The largest absolute Gasteiger partial charge is 0.480 e. The van der Waals surface area contributed by atoms with Crippen LogP contribution in [0.4, 0.5) is 5.82 Å². The molecule has 0 saturated heterocycles. The Bertz CT molecular complexity index is 489. The van der Waals surface area contributed by atoms with E-state index in [0.717, 1.165) is 35.4 Å². The molecule has 110 valence electrons. The van der Waals surface area contributed by atoms with Crippen molar-refractivity contribution in [2.75, 3.05) is 18.4 Å². The maximum atomic E-state index is 10.8. The summed E-state index contributed by atoms with van der Waals surface area (Å²) < 4.78 is 1.01. The van der Waals surface area contributed by atoms with Gasteiger partial charge in [-0.25, -0.2) is 4.98 Å². The Balaban J connectivity index is 1.84. The normalized spacial score (nSPS) is 21.6. The Kier molecular flexibility index (Phi) is 4.99. The molecule has 1 aliphatic rings. The van der Waals surface area contributed by atoms with E-state index in [9.17, 15) is 4.79 Å². The number of aromatic nitrogens is 1. The maximum Gasteiger partial charge on any atom is 0.317 e. The fourth-order valence-corrected chi connectivity index (χ4v) is 2.73. The number of halogens is 1. The quantitative estimate of drug-likeness (QED) is 0.832. The number of likely N-dealkylation sites (N-methyl/N-ethyl adjacent to an activating group) is 1. The van der Waals surface area contributed by atoms with E-state index in [2.05, 4.69) is 26.2 Å². The summed E-state index contributed by atoms with van der Waals surface area (Å²) in [5.41, 5.74) is 0.965. The molecular weight excluding hydrogens is 322 g/mol. The van der Waals surface area contributed by atoms with Crippen molar-refractivity contribution in [1.82, 2.24) is 9.88 Å². The summed E-state index contributed by atoms with van der Waals surface area (Å²) in [6.07, 6.45) is 1.94. The van der Waals surface area contributed by atoms with Crippen molar-refractivity contribution in [2.45, 2.75) is 38.8 Å². The van der Waals surface area contributed by atoms with Gasteiger partial charge >= 0.3 is 5.97 Å². The standard InChI is InChI=1S/C14H20BrN3O2/c1-3-18(8-14(19)20)11-6-10(7-11)17-13-5-4-12(15)9(2)16-13/h4-5,10-11H,3,6-8H2,1-2H3,(H,16,17)(H,19,20). The number of aryl methyl sites for hydroxylation is 1. The van der Waals surface area contributed by atoms with Gasteiger partial charge in [-0.2, -0.15) is 0 Å². The summed E-state index contributed by atoms with van der Waals surface area (Å²) in [6.45, 7) is 4.87. The molecule has 1 heterocycles. The molecule has 1 saturated carbocycles. The summed E-state index contributed by atoms with van der Waals surface area (Å²) in [5, 5.41) is 12.3. The Morgan fingerprint density at radius 1 is 1.55 bits per heavy atom. The predicted molar refractivity (Wildman–Crippen MR) is 82.0 cm³/mol. The second-order valence-corrected chi connectivity index (χ2v) is 6.04. The smallest absolute Gasteiger partial charge is 0.317 e. The second-order valence-electron chi connectivity index (χ2n) is 5.19. The van der Waals surface area contributed by atoms with Gasteiger partial charge in [0.2, 0.25) is 0 Å². The van der Waals surface area contributed by atoms with Gasteiger partial charge in [-0.15, -0.1) is 0 Å². The number of nitrogens with one attached hydrogen (secondary N) is 1. The lowest BCUT2D eigenvalue weighted by Crippen LogP contribution is -2.51. The van der Waals surface area contributed by atoms with Crippen LogP contribution in [0.1, 0.15) is 25.5 Å². The van der Waals surface area contributed by atoms with Crippen LogP contribution in [0.3, 0.4) is 0 Å². The first-order valence-corrected chi connectivity index (χ1v) is 7.64. The second kappa shape index (κ2) is 6.54. The first-order chi connectivity index (χ1) is 9.49. The van der Waals surface area contributed by atoms with Crippen molar-refractivity contribution in [3.05, 3.63) is 22.3 Å². The summed E-state index contributed by atoms with van der Waals surface area (Å²) in [6, 6.07) is 4.70. The van der Waals surface area contributed by atoms with Gasteiger partial charge in [0.25, 0.3) is 0 Å². The Labute approximate surface area is 127 Å². The molecule has 1 fully saturated rings. The van der Waals surface area contributed by atoms with Gasteiger partial charge in [0.1, 0.15) is 5.82 Å². The lowest BCUT2D eigenvalue weighted by molar-refractivity contribution is -0.139. The van der Waals surface area contributed by atoms with E-state index < -0.39 is 5.97 Å². The number of carboxylic acids is 1. The number of aliphatic carboxylic acids is 1. The Hall–Kier alpha value is -1.14. The van der Waals surface area contributed by atoms with E-state index in [0.29, 0.717) is 12.1 Å². The van der Waals surface area contributed by atoms with Crippen LogP contribution < -0.4 is 5.32 Å². The number of hydrogen-bond donors (Lipinski definition) is 2. The zero-order chi connectivity index (χ0) is 14.7. The zero-order valence-corrected chi connectivity index (χ0v) is 13.4. The number of hydrogen-bond acceptors (Lipinski definition) is 4. The molecule has 6 heteroatoms. The van der Waals surface area contributed by atoms with Gasteiger partial charge in [0.15, 0.2) is 0 Å². The minimum atomic E-state index is -0.756. The van der Waals surface area contributed by atoms with E-state index in [1.54, 1.807) is 0 Å². The zero-order valence-electron chi connectivity index (χ0n) is 11.8. The van der Waals surface area contributed by atoms with Crippen LogP contribution in [-0.4, -0.2) is 46.1 Å². The third kappa shape index (κ3) is 3.70. The van der Waals surface area contributed by atoms with Crippen molar-refractivity contribution in [1.29, 1.82) is 0 Å². The summed E-state index contributed by atoms with van der Waals surface area (Å²) in [7, 11) is 0. The van der Waals surface area contributed by atoms with Crippen molar-refractivity contribution in [3.63, 3.8) is 0 Å². The average Bonchev–Trinajstić information content (AvgIpc) is 2.35. The molecular formula is C14H20BrN3O2. The van der Waals surface area contributed by atoms with Crippen LogP contribution in [0, 0.1) is 6.92 Å². The van der Waals surface area contributed by atoms with E-state index in [-0.39, 0.29) is 6.54 Å². The molecule has 5 nitrogen and oxygen atoms in total. The van der Waals surface area contributed by atoms with Crippen LogP contribution in [0.5, 0.6) is 0 Å². The molecule has 0 amide bonds. The van der Waals surface area contributed by atoms with Gasteiger partial charge in [-0.1, -0.05) is 6.92 Å². The third-order valence-electron chi connectivity index (χ3n) is 3.75. The van der Waals surface area contributed by atoms with E-state index >= 15 is 0 Å². The number of carbonyl (C=O) groups is 1. The van der Waals surface area contributed by atoms with Crippen LogP contribution in [-0.2, 0) is 4.79 Å². The Morgan fingerprint density at radius 2 is 2.25 bits per heavy atom. The lowest BCUT2D eigenvalue weighted by atomic mass is 9.85. The fraction of sp³-hybridized carbons (Fsp3) is 0.571. The van der Waals surface area contributed by atoms with Crippen LogP contribution >= 0.6 is 15.9 Å². The highest BCUT2D eigenvalue weighted by Crippen LogP contribution is 2.28. The highest BCUT2D eigenvalue weighted by Gasteiger charge is 2.33. The minimum absolute atomic E-state index is 0.129. The average molecular weight is 342 g/mol.